The smallest absolute Gasteiger partial charge is 0.289 e. The summed E-state index contributed by atoms with van der Waals surface area (Å²) in [5.74, 6) is 1.53. The first-order chi connectivity index (χ1) is 14.1. The van der Waals surface area contributed by atoms with E-state index in [-0.39, 0.29) is 5.91 Å². The SMILES string of the molecule is CN(Cc1cnn(-c2ccccc2)c1)C(=O)c1ccc(CSc2nccn2C)o1. The van der Waals surface area contributed by atoms with E-state index in [2.05, 4.69) is 10.1 Å². The Hall–Kier alpha value is -3.26. The van der Waals surface area contributed by atoms with Gasteiger partial charge in [0.05, 0.1) is 17.6 Å². The molecule has 1 aromatic carbocycles. The van der Waals surface area contributed by atoms with E-state index in [1.165, 1.54) is 0 Å². The fraction of sp³-hybridized carbons (Fsp3) is 0.190. The molecule has 148 valence electrons. The monoisotopic (exact) mass is 407 g/mol. The normalized spacial score (nSPS) is 11.0. The molecule has 0 saturated heterocycles. The van der Waals surface area contributed by atoms with Gasteiger partial charge in [-0.3, -0.25) is 4.79 Å². The van der Waals surface area contributed by atoms with Crippen molar-refractivity contribution >= 4 is 17.7 Å². The van der Waals surface area contributed by atoms with Gasteiger partial charge in [-0.25, -0.2) is 9.67 Å². The van der Waals surface area contributed by atoms with Crippen molar-refractivity contribution < 1.29 is 9.21 Å². The average Bonchev–Trinajstić information content (AvgIpc) is 3.48. The standard InChI is InChI=1S/C21H21N5O2S/c1-24-11-10-22-21(24)29-15-18-8-9-19(28-18)20(27)25(2)13-16-12-23-26(14-16)17-6-4-3-5-7-17/h3-12,14H,13,15H2,1-2H3. The minimum atomic E-state index is -0.161. The highest BCUT2D eigenvalue weighted by atomic mass is 32.2. The van der Waals surface area contributed by atoms with Crippen LogP contribution in [0.2, 0.25) is 0 Å². The largest absolute Gasteiger partial charge is 0.455 e. The van der Waals surface area contributed by atoms with Crippen LogP contribution in [0.3, 0.4) is 0 Å². The van der Waals surface area contributed by atoms with E-state index in [1.54, 1.807) is 46.9 Å². The van der Waals surface area contributed by atoms with Gasteiger partial charge in [-0.2, -0.15) is 5.10 Å². The molecule has 0 atom stereocenters. The maximum absolute atomic E-state index is 12.7. The topological polar surface area (TPSA) is 69.1 Å². The van der Waals surface area contributed by atoms with E-state index in [4.69, 9.17) is 4.42 Å². The molecule has 0 unspecified atom stereocenters. The molecule has 0 saturated carbocycles. The van der Waals surface area contributed by atoms with Crippen LogP contribution >= 0.6 is 11.8 Å². The number of carbonyl (C=O) groups excluding carboxylic acids is 1. The second-order valence-corrected chi connectivity index (χ2v) is 7.61. The number of aromatic nitrogens is 4. The van der Waals surface area contributed by atoms with Crippen molar-refractivity contribution in [2.45, 2.75) is 17.5 Å². The Labute approximate surface area is 173 Å². The third-order valence-electron chi connectivity index (χ3n) is 4.42. The van der Waals surface area contributed by atoms with Crippen LogP contribution in [0.1, 0.15) is 21.9 Å². The van der Waals surface area contributed by atoms with E-state index < -0.39 is 0 Å². The highest BCUT2D eigenvalue weighted by molar-refractivity contribution is 7.98. The molecule has 3 aromatic heterocycles. The number of aryl methyl sites for hydroxylation is 1. The number of para-hydroxylation sites is 1. The van der Waals surface area contributed by atoms with Crippen LogP contribution in [0.4, 0.5) is 0 Å². The molecule has 0 fully saturated rings. The van der Waals surface area contributed by atoms with Crippen LogP contribution in [0.5, 0.6) is 0 Å². The molecular formula is C21H21N5O2S. The van der Waals surface area contributed by atoms with Crippen LogP contribution in [0, 0.1) is 0 Å². The summed E-state index contributed by atoms with van der Waals surface area (Å²) in [5.41, 5.74) is 1.93. The summed E-state index contributed by atoms with van der Waals surface area (Å²) in [6.07, 6.45) is 7.35. The Morgan fingerprint density at radius 3 is 2.79 bits per heavy atom. The Bertz CT molecular complexity index is 1100. The molecule has 8 heteroatoms. The van der Waals surface area contributed by atoms with Crippen LogP contribution in [-0.2, 0) is 19.3 Å². The highest BCUT2D eigenvalue weighted by Crippen LogP contribution is 2.22. The zero-order valence-electron chi connectivity index (χ0n) is 16.2. The van der Waals surface area contributed by atoms with E-state index in [0.717, 1.165) is 22.2 Å². The van der Waals surface area contributed by atoms with Gasteiger partial charge in [-0.1, -0.05) is 30.0 Å². The number of amides is 1. The summed E-state index contributed by atoms with van der Waals surface area (Å²) in [6.45, 7) is 0.448. The predicted molar refractivity (Wildman–Crippen MR) is 111 cm³/mol. The molecule has 0 radical (unpaired) electrons. The van der Waals surface area contributed by atoms with Crippen LogP contribution in [-0.4, -0.2) is 37.2 Å². The summed E-state index contributed by atoms with van der Waals surface area (Å²) >= 11 is 1.57. The Balaban J connectivity index is 1.36. The maximum Gasteiger partial charge on any atom is 0.289 e. The quantitative estimate of drug-likeness (QED) is 0.436. The van der Waals surface area contributed by atoms with Crippen molar-refractivity contribution in [3.8, 4) is 5.69 Å². The molecular weight excluding hydrogens is 386 g/mol. The van der Waals surface area contributed by atoms with Gasteiger partial charge >= 0.3 is 0 Å². The zero-order valence-corrected chi connectivity index (χ0v) is 17.0. The maximum atomic E-state index is 12.7. The second kappa shape index (κ2) is 8.40. The van der Waals surface area contributed by atoms with Crippen LogP contribution < -0.4 is 0 Å². The fourth-order valence-electron chi connectivity index (χ4n) is 2.89. The van der Waals surface area contributed by atoms with Crippen molar-refractivity contribution in [3.63, 3.8) is 0 Å². The summed E-state index contributed by atoms with van der Waals surface area (Å²) < 4.78 is 9.49. The Morgan fingerprint density at radius 1 is 1.21 bits per heavy atom. The van der Waals surface area contributed by atoms with Gasteiger partial charge in [-0.05, 0) is 24.3 Å². The van der Waals surface area contributed by atoms with Crippen LogP contribution in [0.15, 0.2) is 76.8 Å². The molecule has 0 aliphatic rings. The number of rotatable bonds is 7. The van der Waals surface area contributed by atoms with Crippen molar-refractivity contribution in [2.24, 2.45) is 7.05 Å². The molecule has 0 aliphatic heterocycles. The van der Waals surface area contributed by atoms with Crippen molar-refractivity contribution in [1.82, 2.24) is 24.2 Å². The number of benzene rings is 1. The molecule has 0 N–H and O–H groups in total. The fourth-order valence-corrected chi connectivity index (χ4v) is 3.72. The second-order valence-electron chi connectivity index (χ2n) is 6.67. The number of hydrogen-bond acceptors (Lipinski definition) is 5. The van der Waals surface area contributed by atoms with Gasteiger partial charge in [0.25, 0.3) is 5.91 Å². The molecule has 3 heterocycles. The van der Waals surface area contributed by atoms with Gasteiger partial charge in [0, 0.05) is 44.8 Å². The molecule has 1 amide bonds. The first kappa shape index (κ1) is 19.1. The summed E-state index contributed by atoms with van der Waals surface area (Å²) in [7, 11) is 3.70. The molecule has 0 spiro atoms. The zero-order chi connectivity index (χ0) is 20.2. The van der Waals surface area contributed by atoms with Crippen molar-refractivity contribution in [1.29, 1.82) is 0 Å². The lowest BCUT2D eigenvalue weighted by Gasteiger charge is -2.14. The van der Waals surface area contributed by atoms with E-state index in [9.17, 15) is 4.79 Å². The number of thioether (sulfide) groups is 1. The number of imidazole rings is 1. The van der Waals surface area contributed by atoms with E-state index in [1.807, 2.05) is 60.4 Å². The first-order valence-corrected chi connectivity index (χ1v) is 10.1. The summed E-state index contributed by atoms with van der Waals surface area (Å²) in [6, 6.07) is 13.4. The molecule has 0 bridgehead atoms. The van der Waals surface area contributed by atoms with Crippen molar-refractivity contribution in [2.75, 3.05) is 7.05 Å². The predicted octanol–water partition coefficient (Wildman–Crippen LogP) is 3.76. The van der Waals surface area contributed by atoms with Gasteiger partial charge in [0.15, 0.2) is 10.9 Å². The number of furan rings is 1. The summed E-state index contributed by atoms with van der Waals surface area (Å²) in [5, 5.41) is 5.28. The third-order valence-corrected chi connectivity index (χ3v) is 5.50. The molecule has 4 aromatic rings. The van der Waals surface area contributed by atoms with Gasteiger partial charge < -0.3 is 13.9 Å². The summed E-state index contributed by atoms with van der Waals surface area (Å²) in [4.78, 5) is 18.6. The first-order valence-electron chi connectivity index (χ1n) is 9.13. The Morgan fingerprint density at radius 2 is 2.03 bits per heavy atom. The Kier molecular flexibility index (Phi) is 5.53. The van der Waals surface area contributed by atoms with Gasteiger partial charge in [-0.15, -0.1) is 0 Å². The van der Waals surface area contributed by atoms with Gasteiger partial charge in [0.2, 0.25) is 0 Å². The number of carbonyl (C=O) groups is 1. The molecule has 7 nitrogen and oxygen atoms in total. The minimum Gasteiger partial charge on any atom is -0.455 e. The molecule has 29 heavy (non-hydrogen) atoms. The molecule has 0 aliphatic carbocycles. The minimum absolute atomic E-state index is 0.161. The highest BCUT2D eigenvalue weighted by Gasteiger charge is 2.17. The van der Waals surface area contributed by atoms with E-state index >= 15 is 0 Å². The van der Waals surface area contributed by atoms with Crippen LogP contribution in [0.25, 0.3) is 5.69 Å². The lowest BCUT2D eigenvalue weighted by molar-refractivity contribution is 0.0752. The number of nitrogens with zero attached hydrogens (tertiary/aromatic N) is 5. The van der Waals surface area contributed by atoms with Gasteiger partial charge in [0.1, 0.15) is 5.76 Å². The molecule has 4 rings (SSSR count). The van der Waals surface area contributed by atoms with E-state index in [0.29, 0.717) is 18.1 Å². The average molecular weight is 407 g/mol. The third kappa shape index (κ3) is 4.43. The lowest BCUT2D eigenvalue weighted by Crippen LogP contribution is -2.25. The lowest BCUT2D eigenvalue weighted by atomic mass is 10.3. The van der Waals surface area contributed by atoms with Crippen molar-refractivity contribution in [3.05, 3.63) is 84.3 Å². The number of hydrogen-bond donors (Lipinski definition) is 0.